The van der Waals surface area contributed by atoms with Crippen molar-refractivity contribution in [3.05, 3.63) is 29.5 Å². The minimum absolute atomic E-state index is 0.106. The number of nitrogens with zero attached hydrogens (tertiary/aromatic N) is 2. The average Bonchev–Trinajstić information content (AvgIpc) is 2.87. The van der Waals surface area contributed by atoms with Gasteiger partial charge in [-0.15, -0.1) is 0 Å². The summed E-state index contributed by atoms with van der Waals surface area (Å²) in [7, 11) is 0. The van der Waals surface area contributed by atoms with Gasteiger partial charge in [0.2, 0.25) is 5.91 Å². The molecule has 0 atom stereocenters. The maximum atomic E-state index is 11.7. The molecule has 1 heterocycles. The molecule has 0 aliphatic carbocycles. The van der Waals surface area contributed by atoms with Gasteiger partial charge in [0, 0.05) is 17.2 Å². The molecule has 19 heavy (non-hydrogen) atoms. The number of aromatic nitrogens is 2. The molecule has 0 saturated carbocycles. The Bertz CT molecular complexity index is 562. The Kier molecular flexibility index (Phi) is 5.00. The van der Waals surface area contributed by atoms with Crippen LogP contribution in [-0.4, -0.2) is 21.0 Å². The van der Waals surface area contributed by atoms with Crippen molar-refractivity contribution in [2.45, 2.75) is 10.8 Å². The van der Waals surface area contributed by atoms with E-state index in [1.807, 2.05) is 0 Å². The van der Waals surface area contributed by atoms with E-state index in [0.29, 0.717) is 28.6 Å². The van der Waals surface area contributed by atoms with Crippen LogP contribution in [-0.2, 0) is 4.79 Å². The molecule has 8 heteroatoms. The van der Waals surface area contributed by atoms with Crippen LogP contribution in [0.2, 0.25) is 5.02 Å². The van der Waals surface area contributed by atoms with Crippen LogP contribution in [0.1, 0.15) is 6.42 Å². The van der Waals surface area contributed by atoms with Gasteiger partial charge in [0.05, 0.1) is 11.4 Å². The Morgan fingerprint density at radius 3 is 3.11 bits per heavy atom. The lowest BCUT2D eigenvalue weighted by molar-refractivity contribution is -0.115. The largest absolute Gasteiger partial charge is 0.397 e. The smallest absolute Gasteiger partial charge is 0.225 e. The number of nitrogen functional groups attached to an aromatic ring is 1. The van der Waals surface area contributed by atoms with Crippen molar-refractivity contribution >= 4 is 52.2 Å². The molecule has 5 nitrogen and oxygen atoms in total. The fraction of sp³-hybridized carbons (Fsp3) is 0.182. The van der Waals surface area contributed by atoms with Gasteiger partial charge < -0.3 is 11.1 Å². The molecule has 0 radical (unpaired) electrons. The molecule has 0 spiro atoms. The summed E-state index contributed by atoms with van der Waals surface area (Å²) < 4.78 is 4.74. The molecule has 0 bridgehead atoms. The van der Waals surface area contributed by atoms with Crippen molar-refractivity contribution in [2.75, 3.05) is 16.8 Å². The Morgan fingerprint density at radius 1 is 1.53 bits per heavy atom. The first-order valence-corrected chi connectivity index (χ1v) is 7.53. The van der Waals surface area contributed by atoms with Crippen molar-refractivity contribution in [3.63, 3.8) is 0 Å². The highest BCUT2D eigenvalue weighted by molar-refractivity contribution is 8.00. The molecule has 1 aromatic heterocycles. The topological polar surface area (TPSA) is 80.9 Å². The molecule has 1 amide bonds. The fourth-order valence-electron chi connectivity index (χ4n) is 1.31. The highest BCUT2D eigenvalue weighted by atomic mass is 35.5. The molecule has 1 aromatic carbocycles. The number of benzene rings is 1. The SMILES string of the molecule is Nc1ccc(Cl)cc1NC(=O)CCSc1ncns1. The van der Waals surface area contributed by atoms with Crippen molar-refractivity contribution in [3.8, 4) is 0 Å². The molecular formula is C11H11ClN4OS2. The number of nitrogens with two attached hydrogens (primary N) is 1. The molecule has 3 N–H and O–H groups in total. The van der Waals surface area contributed by atoms with E-state index >= 15 is 0 Å². The summed E-state index contributed by atoms with van der Waals surface area (Å²) in [5.74, 6) is 0.535. The van der Waals surface area contributed by atoms with Crippen molar-refractivity contribution in [1.29, 1.82) is 0 Å². The third-order valence-electron chi connectivity index (χ3n) is 2.19. The minimum Gasteiger partial charge on any atom is -0.397 e. The van der Waals surface area contributed by atoms with Gasteiger partial charge in [-0.2, -0.15) is 4.37 Å². The van der Waals surface area contributed by atoms with Crippen LogP contribution in [0, 0.1) is 0 Å². The fourth-order valence-corrected chi connectivity index (χ4v) is 2.93. The summed E-state index contributed by atoms with van der Waals surface area (Å²) in [5.41, 5.74) is 6.78. The zero-order valence-corrected chi connectivity index (χ0v) is 12.2. The zero-order chi connectivity index (χ0) is 13.7. The first-order valence-electron chi connectivity index (χ1n) is 5.39. The number of anilines is 2. The Labute approximate surface area is 123 Å². The Morgan fingerprint density at radius 2 is 2.37 bits per heavy atom. The van der Waals surface area contributed by atoms with E-state index in [-0.39, 0.29) is 5.91 Å². The molecule has 2 rings (SSSR count). The molecule has 0 fully saturated rings. The second-order valence-corrected chi connectivity index (χ2v) is 6.14. The van der Waals surface area contributed by atoms with Crippen molar-refractivity contribution in [2.24, 2.45) is 0 Å². The van der Waals surface area contributed by atoms with E-state index in [9.17, 15) is 4.79 Å². The van der Waals surface area contributed by atoms with Crippen molar-refractivity contribution < 1.29 is 4.79 Å². The number of carbonyl (C=O) groups is 1. The second-order valence-electron chi connectivity index (χ2n) is 3.59. The van der Waals surface area contributed by atoms with Gasteiger partial charge in [-0.25, -0.2) is 4.98 Å². The monoisotopic (exact) mass is 314 g/mol. The molecule has 0 aliphatic heterocycles. The van der Waals surface area contributed by atoms with Crippen LogP contribution in [0.15, 0.2) is 28.9 Å². The van der Waals surface area contributed by atoms with E-state index < -0.39 is 0 Å². The van der Waals surface area contributed by atoms with Crippen LogP contribution < -0.4 is 11.1 Å². The molecular weight excluding hydrogens is 304 g/mol. The summed E-state index contributed by atoms with van der Waals surface area (Å²) in [6.45, 7) is 0. The first-order chi connectivity index (χ1) is 9.15. The molecule has 0 unspecified atom stereocenters. The summed E-state index contributed by atoms with van der Waals surface area (Å²) in [5, 5.41) is 3.27. The van der Waals surface area contributed by atoms with Crippen molar-refractivity contribution in [1.82, 2.24) is 9.36 Å². The quantitative estimate of drug-likeness (QED) is 0.655. The summed E-state index contributed by atoms with van der Waals surface area (Å²) >= 11 is 8.66. The van der Waals surface area contributed by atoms with Gasteiger partial charge in [-0.05, 0) is 29.7 Å². The van der Waals surface area contributed by atoms with Gasteiger partial charge in [0.15, 0.2) is 4.34 Å². The maximum Gasteiger partial charge on any atom is 0.225 e. The first kappa shape index (κ1) is 14.1. The van der Waals surface area contributed by atoms with Crippen LogP contribution in [0.4, 0.5) is 11.4 Å². The van der Waals surface area contributed by atoms with Crippen LogP contribution >= 0.6 is 34.9 Å². The van der Waals surface area contributed by atoms with Gasteiger partial charge in [0.25, 0.3) is 0 Å². The average molecular weight is 315 g/mol. The molecule has 2 aromatic rings. The van der Waals surface area contributed by atoms with Crippen LogP contribution in [0.25, 0.3) is 0 Å². The number of carbonyl (C=O) groups excluding carboxylic acids is 1. The van der Waals surface area contributed by atoms with Crippen LogP contribution in [0.5, 0.6) is 0 Å². The lowest BCUT2D eigenvalue weighted by Crippen LogP contribution is -2.13. The number of halogens is 1. The highest BCUT2D eigenvalue weighted by Gasteiger charge is 2.07. The highest BCUT2D eigenvalue weighted by Crippen LogP contribution is 2.23. The third-order valence-corrected chi connectivity index (χ3v) is 4.22. The number of hydrogen-bond acceptors (Lipinski definition) is 6. The van der Waals surface area contributed by atoms with E-state index in [0.717, 1.165) is 4.34 Å². The number of amides is 1. The number of hydrogen-bond donors (Lipinski definition) is 2. The summed E-state index contributed by atoms with van der Waals surface area (Å²) in [4.78, 5) is 15.8. The van der Waals surface area contributed by atoms with Gasteiger partial charge >= 0.3 is 0 Å². The van der Waals surface area contributed by atoms with Gasteiger partial charge in [0.1, 0.15) is 6.33 Å². The van der Waals surface area contributed by atoms with Crippen LogP contribution in [0.3, 0.4) is 0 Å². The summed E-state index contributed by atoms with van der Waals surface area (Å²) in [6.07, 6.45) is 1.87. The number of rotatable bonds is 5. The Balaban J connectivity index is 1.82. The maximum absolute atomic E-state index is 11.7. The zero-order valence-electron chi connectivity index (χ0n) is 9.80. The summed E-state index contributed by atoms with van der Waals surface area (Å²) in [6, 6.07) is 4.97. The normalized spacial score (nSPS) is 10.4. The number of nitrogens with one attached hydrogen (secondary N) is 1. The minimum atomic E-state index is -0.106. The molecule has 0 saturated heterocycles. The van der Waals surface area contributed by atoms with Gasteiger partial charge in [-0.3, -0.25) is 4.79 Å². The Hall–Kier alpha value is -1.31. The molecule has 100 valence electrons. The lowest BCUT2D eigenvalue weighted by atomic mass is 10.2. The lowest BCUT2D eigenvalue weighted by Gasteiger charge is -2.08. The number of thioether (sulfide) groups is 1. The van der Waals surface area contributed by atoms with E-state index in [2.05, 4.69) is 14.7 Å². The van der Waals surface area contributed by atoms with E-state index in [1.54, 1.807) is 18.2 Å². The molecule has 0 aliphatic rings. The third kappa shape index (κ3) is 4.38. The standard InChI is InChI=1S/C11H11ClN4OS2/c12-7-1-2-8(13)9(5-7)16-10(17)3-4-18-11-14-6-15-19-11/h1-2,5-6H,3-4,13H2,(H,16,17). The van der Waals surface area contributed by atoms with E-state index in [1.165, 1.54) is 29.6 Å². The van der Waals surface area contributed by atoms with E-state index in [4.69, 9.17) is 17.3 Å². The predicted octanol–water partition coefficient (Wildman–Crippen LogP) is 2.89. The predicted molar refractivity (Wildman–Crippen MR) is 79.7 cm³/mol. The van der Waals surface area contributed by atoms with Gasteiger partial charge in [-0.1, -0.05) is 23.4 Å². The second kappa shape index (κ2) is 6.74.